The molecule has 1 atom stereocenters. The van der Waals surface area contributed by atoms with Crippen LogP contribution in [0.4, 0.5) is 18.0 Å². The van der Waals surface area contributed by atoms with Crippen molar-refractivity contribution in [2.24, 2.45) is 0 Å². The second-order valence-electron chi connectivity index (χ2n) is 10.8. The first-order valence-corrected chi connectivity index (χ1v) is 12.8. The number of Topliss-reactive ketones (excluding diaryl/α,β-unsaturated/α-hetero) is 1. The largest absolute Gasteiger partial charge is 0.573 e. The number of ether oxygens (including phenoxy) is 1. The van der Waals surface area contributed by atoms with Crippen molar-refractivity contribution in [3.8, 4) is 16.9 Å². The molecule has 1 aliphatic heterocycles. The lowest BCUT2D eigenvalue weighted by Crippen LogP contribution is -2.50. The predicted octanol–water partition coefficient (Wildman–Crippen LogP) is 6.87. The summed E-state index contributed by atoms with van der Waals surface area (Å²) >= 11 is 0. The van der Waals surface area contributed by atoms with Gasteiger partial charge in [0.15, 0.2) is 12.2 Å². The lowest BCUT2D eigenvalue weighted by molar-refractivity contribution is -0.274. The summed E-state index contributed by atoms with van der Waals surface area (Å²) in [7, 11) is 0. The van der Waals surface area contributed by atoms with E-state index in [0.29, 0.717) is 47.4 Å². The highest BCUT2D eigenvalue weighted by atomic mass is 19.4. The number of carbonyl (C=O) groups is 2. The molecular formula is C29H32F3N3O4. The average Bonchev–Trinajstić information content (AvgIpc) is 3.39. The minimum atomic E-state index is -4.81. The van der Waals surface area contributed by atoms with Crippen molar-refractivity contribution in [1.29, 1.82) is 0 Å². The molecule has 2 amide bonds. The maximum absolute atomic E-state index is 13.4. The second-order valence-corrected chi connectivity index (χ2v) is 10.8. The van der Waals surface area contributed by atoms with Crippen molar-refractivity contribution in [3.05, 3.63) is 71.4 Å². The highest BCUT2D eigenvalue weighted by molar-refractivity contribution is 5.99. The zero-order valence-electron chi connectivity index (χ0n) is 22.4. The number of nitrogens with one attached hydrogen (secondary N) is 1. The van der Waals surface area contributed by atoms with Crippen LogP contribution in [0.1, 0.15) is 73.7 Å². The van der Waals surface area contributed by atoms with E-state index in [1.54, 1.807) is 29.3 Å². The first kappa shape index (κ1) is 28.2. The molecule has 1 unspecified atom stereocenters. The van der Waals surface area contributed by atoms with Crippen molar-refractivity contribution < 1.29 is 31.9 Å². The van der Waals surface area contributed by atoms with Gasteiger partial charge in [0.2, 0.25) is 0 Å². The third-order valence-corrected chi connectivity index (χ3v) is 6.60. The zero-order chi connectivity index (χ0) is 28.4. The van der Waals surface area contributed by atoms with Gasteiger partial charge in [-0.25, -0.2) is 9.78 Å². The normalized spacial score (nSPS) is 14.5. The first-order valence-electron chi connectivity index (χ1n) is 12.8. The van der Waals surface area contributed by atoms with Gasteiger partial charge in [-0.1, -0.05) is 31.2 Å². The molecule has 2 aromatic carbocycles. The molecule has 7 nitrogen and oxygen atoms in total. The summed E-state index contributed by atoms with van der Waals surface area (Å²) in [4.78, 5) is 32.0. The monoisotopic (exact) mass is 543 g/mol. The van der Waals surface area contributed by atoms with E-state index in [1.807, 2.05) is 27.7 Å². The fraction of sp³-hybridized carbons (Fsp3) is 0.414. The number of ketones is 1. The molecule has 39 heavy (non-hydrogen) atoms. The van der Waals surface area contributed by atoms with Crippen LogP contribution in [0, 0.1) is 0 Å². The van der Waals surface area contributed by atoms with Gasteiger partial charge in [0.25, 0.3) is 0 Å². The molecule has 1 aromatic heterocycles. The number of fused-ring (bicyclic) bond motifs is 1. The number of amides is 2. The van der Waals surface area contributed by atoms with Gasteiger partial charge in [-0.2, -0.15) is 0 Å². The van der Waals surface area contributed by atoms with E-state index in [2.05, 4.69) is 15.0 Å². The van der Waals surface area contributed by atoms with Crippen LogP contribution in [0.2, 0.25) is 0 Å². The van der Waals surface area contributed by atoms with Crippen LogP contribution in [0.3, 0.4) is 0 Å². The van der Waals surface area contributed by atoms with Gasteiger partial charge in [-0.15, -0.1) is 13.2 Å². The molecule has 0 saturated heterocycles. The van der Waals surface area contributed by atoms with Crippen molar-refractivity contribution >= 4 is 11.8 Å². The summed E-state index contributed by atoms with van der Waals surface area (Å²) in [5.74, 6) is 0.303. The summed E-state index contributed by atoms with van der Waals surface area (Å²) in [6.45, 7) is 8.25. The maximum Gasteiger partial charge on any atom is 0.573 e. The molecule has 4 rings (SSSR count). The van der Waals surface area contributed by atoms with Crippen LogP contribution in [0.15, 0.2) is 53.4 Å². The van der Waals surface area contributed by atoms with E-state index in [0.717, 1.165) is 5.56 Å². The third kappa shape index (κ3) is 7.19. The van der Waals surface area contributed by atoms with E-state index in [1.165, 1.54) is 24.6 Å². The molecule has 208 valence electrons. The number of rotatable bonds is 7. The highest BCUT2D eigenvalue weighted by Crippen LogP contribution is 2.36. The summed E-state index contributed by atoms with van der Waals surface area (Å²) < 4.78 is 48.0. The Kier molecular flexibility index (Phi) is 8.04. The van der Waals surface area contributed by atoms with Crippen LogP contribution in [-0.2, 0) is 13.0 Å². The standard InChI is InChI=1S/C29H32F3N3O4/c1-18(26-15-33-17-38-26)8-11-25(36)23-10-9-21(19-6-5-7-20(14-19)39-29(30,31)32)22-12-13-35(16-24(22)23)27(37)34-28(2,3)4/h5-7,9-10,14-15,17-18H,8,11-13,16H2,1-4H3,(H,34,37). The molecule has 0 bridgehead atoms. The number of carbonyl (C=O) groups excluding carboxylic acids is 2. The zero-order valence-corrected chi connectivity index (χ0v) is 22.4. The number of hydrogen-bond donors (Lipinski definition) is 1. The quantitative estimate of drug-likeness (QED) is 0.329. The molecule has 10 heteroatoms. The van der Waals surface area contributed by atoms with Crippen molar-refractivity contribution in [3.63, 3.8) is 0 Å². The van der Waals surface area contributed by atoms with Crippen LogP contribution >= 0.6 is 0 Å². The molecule has 1 N–H and O–H groups in total. The van der Waals surface area contributed by atoms with Gasteiger partial charge in [-0.05, 0) is 68.0 Å². The molecule has 2 heterocycles. The summed E-state index contributed by atoms with van der Waals surface area (Å²) in [5, 5.41) is 2.96. The maximum atomic E-state index is 13.4. The third-order valence-electron chi connectivity index (χ3n) is 6.60. The number of urea groups is 1. The summed E-state index contributed by atoms with van der Waals surface area (Å²) in [6.07, 6.45) is -0.560. The van der Waals surface area contributed by atoms with Gasteiger partial charge in [0, 0.05) is 36.5 Å². The average molecular weight is 544 g/mol. The SMILES string of the molecule is CC(CCC(=O)c1ccc(-c2cccc(OC(F)(F)F)c2)c2c1CN(C(=O)NC(C)(C)C)CC2)c1cnco1. The van der Waals surface area contributed by atoms with E-state index in [9.17, 15) is 22.8 Å². The Balaban J connectivity index is 1.67. The molecule has 0 radical (unpaired) electrons. The number of hydrogen-bond acceptors (Lipinski definition) is 5. The Labute approximate surface area is 225 Å². The number of oxazole rings is 1. The number of halogens is 3. The molecule has 0 saturated carbocycles. The van der Waals surface area contributed by atoms with E-state index < -0.39 is 11.9 Å². The fourth-order valence-corrected chi connectivity index (χ4v) is 4.73. The van der Waals surface area contributed by atoms with E-state index in [-0.39, 0.29) is 36.4 Å². The molecule has 0 aliphatic carbocycles. The smallest absolute Gasteiger partial charge is 0.448 e. The van der Waals surface area contributed by atoms with Crippen LogP contribution < -0.4 is 10.1 Å². The van der Waals surface area contributed by atoms with Crippen LogP contribution in [0.25, 0.3) is 11.1 Å². The number of nitrogens with zero attached hydrogens (tertiary/aromatic N) is 2. The van der Waals surface area contributed by atoms with Gasteiger partial charge in [-0.3, -0.25) is 4.79 Å². The Morgan fingerprint density at radius 2 is 1.92 bits per heavy atom. The van der Waals surface area contributed by atoms with Crippen LogP contribution in [-0.4, -0.2) is 40.1 Å². The minimum absolute atomic E-state index is 0.00279. The van der Waals surface area contributed by atoms with Crippen molar-refractivity contribution in [2.75, 3.05) is 6.54 Å². The molecular weight excluding hydrogens is 511 g/mol. The summed E-state index contributed by atoms with van der Waals surface area (Å²) in [5.41, 5.74) is 2.87. The van der Waals surface area contributed by atoms with Gasteiger partial charge in [0.05, 0.1) is 6.20 Å². The fourth-order valence-electron chi connectivity index (χ4n) is 4.73. The number of alkyl halides is 3. The molecule has 0 spiro atoms. The van der Waals surface area contributed by atoms with Crippen LogP contribution in [0.5, 0.6) is 5.75 Å². The lowest BCUT2D eigenvalue weighted by Gasteiger charge is -2.34. The lowest BCUT2D eigenvalue weighted by atomic mass is 9.85. The van der Waals surface area contributed by atoms with Crippen molar-refractivity contribution in [2.45, 2.75) is 71.3 Å². The van der Waals surface area contributed by atoms with Gasteiger partial charge < -0.3 is 19.4 Å². The van der Waals surface area contributed by atoms with E-state index >= 15 is 0 Å². The predicted molar refractivity (Wildman–Crippen MR) is 139 cm³/mol. The minimum Gasteiger partial charge on any atom is -0.448 e. The van der Waals surface area contributed by atoms with Gasteiger partial charge >= 0.3 is 12.4 Å². The Bertz CT molecular complexity index is 1330. The number of benzene rings is 2. The molecule has 0 fully saturated rings. The number of aromatic nitrogens is 1. The first-order chi connectivity index (χ1) is 18.3. The van der Waals surface area contributed by atoms with E-state index in [4.69, 9.17) is 4.42 Å². The summed E-state index contributed by atoms with van der Waals surface area (Å²) in [6, 6.07) is 9.02. The Morgan fingerprint density at radius 3 is 2.59 bits per heavy atom. The topological polar surface area (TPSA) is 84.7 Å². The molecule has 3 aromatic rings. The van der Waals surface area contributed by atoms with Gasteiger partial charge in [0.1, 0.15) is 11.5 Å². The Hall–Kier alpha value is -3.82. The Morgan fingerprint density at radius 1 is 1.15 bits per heavy atom. The second kappa shape index (κ2) is 11.1. The van der Waals surface area contributed by atoms with Crippen molar-refractivity contribution in [1.82, 2.24) is 15.2 Å². The highest BCUT2D eigenvalue weighted by Gasteiger charge is 2.32. The molecule has 1 aliphatic rings.